The molecule has 1 aromatic rings. The van der Waals surface area contributed by atoms with E-state index in [0.717, 1.165) is 12.1 Å². The molecule has 0 heterocycles. The Kier molecular flexibility index (Phi) is 5.49. The quantitative estimate of drug-likeness (QED) is 0.749. The summed E-state index contributed by atoms with van der Waals surface area (Å²) in [5.41, 5.74) is -0.119. The third-order valence-electron chi connectivity index (χ3n) is 3.03. The number of anilines is 1. The average molecular weight is 283 g/mol. The number of nitrogens with one attached hydrogen (secondary N) is 1. The lowest BCUT2D eigenvalue weighted by Gasteiger charge is -2.15. The van der Waals surface area contributed by atoms with E-state index in [9.17, 15) is 19.1 Å². The SMILES string of the molecule is CC(C)C(CCC(=O)Nc1cc(O)ccc1F)C(=O)O. The Bertz CT molecular complexity index is 502. The number of rotatable bonds is 6. The molecule has 0 spiro atoms. The smallest absolute Gasteiger partial charge is 0.306 e. The maximum atomic E-state index is 13.4. The van der Waals surface area contributed by atoms with Crippen molar-refractivity contribution in [1.82, 2.24) is 0 Å². The number of hydrogen-bond donors (Lipinski definition) is 3. The number of carbonyl (C=O) groups excluding carboxylic acids is 1. The monoisotopic (exact) mass is 283 g/mol. The van der Waals surface area contributed by atoms with Crippen molar-refractivity contribution < 1.29 is 24.2 Å². The molecular formula is C14H18FNO4. The molecule has 0 saturated heterocycles. The van der Waals surface area contributed by atoms with Gasteiger partial charge in [-0.2, -0.15) is 0 Å². The minimum atomic E-state index is -0.948. The summed E-state index contributed by atoms with van der Waals surface area (Å²) in [5.74, 6) is -2.95. The van der Waals surface area contributed by atoms with Crippen LogP contribution in [-0.2, 0) is 9.59 Å². The highest BCUT2D eigenvalue weighted by Crippen LogP contribution is 2.21. The van der Waals surface area contributed by atoms with Gasteiger partial charge in [-0.1, -0.05) is 13.8 Å². The summed E-state index contributed by atoms with van der Waals surface area (Å²) in [6, 6.07) is 3.31. The number of carbonyl (C=O) groups is 2. The first-order valence-corrected chi connectivity index (χ1v) is 6.32. The molecule has 1 atom stereocenters. The second kappa shape index (κ2) is 6.88. The fourth-order valence-electron chi connectivity index (χ4n) is 1.85. The Morgan fingerprint density at radius 2 is 2.00 bits per heavy atom. The molecular weight excluding hydrogens is 265 g/mol. The second-order valence-electron chi connectivity index (χ2n) is 4.94. The molecule has 3 N–H and O–H groups in total. The third kappa shape index (κ3) is 4.53. The summed E-state index contributed by atoms with van der Waals surface area (Å²) in [4.78, 5) is 22.7. The highest BCUT2D eigenvalue weighted by atomic mass is 19.1. The van der Waals surface area contributed by atoms with Crippen molar-refractivity contribution in [2.45, 2.75) is 26.7 Å². The molecule has 0 aliphatic carbocycles. The Hall–Kier alpha value is -2.11. The largest absolute Gasteiger partial charge is 0.508 e. The molecule has 0 saturated carbocycles. The van der Waals surface area contributed by atoms with Gasteiger partial charge in [0.25, 0.3) is 0 Å². The Morgan fingerprint density at radius 3 is 2.55 bits per heavy atom. The fraction of sp³-hybridized carbons (Fsp3) is 0.429. The molecule has 0 bridgehead atoms. The number of benzene rings is 1. The summed E-state index contributed by atoms with van der Waals surface area (Å²) in [6.07, 6.45) is 0.156. The van der Waals surface area contributed by atoms with E-state index in [1.807, 2.05) is 0 Å². The molecule has 1 rings (SSSR count). The van der Waals surface area contributed by atoms with Crippen molar-refractivity contribution in [3.8, 4) is 5.75 Å². The van der Waals surface area contributed by atoms with Crippen LogP contribution >= 0.6 is 0 Å². The Labute approximate surface area is 116 Å². The molecule has 0 aliphatic rings. The first kappa shape index (κ1) is 15.9. The second-order valence-corrected chi connectivity index (χ2v) is 4.94. The van der Waals surface area contributed by atoms with Crippen LogP contribution in [0.1, 0.15) is 26.7 Å². The van der Waals surface area contributed by atoms with Crippen LogP contribution in [0.25, 0.3) is 0 Å². The molecule has 0 aliphatic heterocycles. The predicted octanol–water partition coefficient (Wildman–Crippen LogP) is 2.61. The first-order chi connectivity index (χ1) is 9.31. The van der Waals surface area contributed by atoms with E-state index in [1.54, 1.807) is 13.8 Å². The van der Waals surface area contributed by atoms with Crippen LogP contribution in [0.5, 0.6) is 5.75 Å². The van der Waals surface area contributed by atoms with Gasteiger partial charge in [0.15, 0.2) is 0 Å². The summed E-state index contributed by atoms with van der Waals surface area (Å²) < 4.78 is 13.4. The van der Waals surface area contributed by atoms with E-state index in [2.05, 4.69) is 5.32 Å². The van der Waals surface area contributed by atoms with Crippen molar-refractivity contribution in [3.05, 3.63) is 24.0 Å². The number of carboxylic acids is 1. The van der Waals surface area contributed by atoms with Gasteiger partial charge < -0.3 is 15.5 Å². The van der Waals surface area contributed by atoms with E-state index in [1.165, 1.54) is 6.07 Å². The normalized spacial score (nSPS) is 12.2. The molecule has 1 amide bonds. The molecule has 1 unspecified atom stereocenters. The Morgan fingerprint density at radius 1 is 1.35 bits per heavy atom. The van der Waals surface area contributed by atoms with Crippen LogP contribution < -0.4 is 5.32 Å². The highest BCUT2D eigenvalue weighted by molar-refractivity contribution is 5.91. The van der Waals surface area contributed by atoms with Gasteiger partial charge in [-0.25, -0.2) is 4.39 Å². The van der Waals surface area contributed by atoms with E-state index in [0.29, 0.717) is 0 Å². The molecule has 6 heteroatoms. The zero-order valence-corrected chi connectivity index (χ0v) is 11.4. The number of halogens is 1. The summed E-state index contributed by atoms with van der Waals surface area (Å²) in [5, 5.41) is 20.5. The van der Waals surface area contributed by atoms with Crippen LogP contribution in [0.4, 0.5) is 10.1 Å². The van der Waals surface area contributed by atoms with Gasteiger partial charge in [-0.05, 0) is 24.5 Å². The molecule has 0 aromatic heterocycles. The van der Waals surface area contributed by atoms with Gasteiger partial charge in [0.2, 0.25) is 5.91 Å². The van der Waals surface area contributed by atoms with Crippen molar-refractivity contribution >= 4 is 17.6 Å². The highest BCUT2D eigenvalue weighted by Gasteiger charge is 2.22. The number of aromatic hydroxyl groups is 1. The van der Waals surface area contributed by atoms with Crippen molar-refractivity contribution in [3.63, 3.8) is 0 Å². The van der Waals surface area contributed by atoms with Crippen LogP contribution in [-0.4, -0.2) is 22.1 Å². The maximum Gasteiger partial charge on any atom is 0.306 e. The first-order valence-electron chi connectivity index (χ1n) is 6.32. The molecule has 0 fully saturated rings. The summed E-state index contributed by atoms with van der Waals surface area (Å²) >= 11 is 0. The van der Waals surface area contributed by atoms with E-state index < -0.39 is 23.6 Å². The maximum absolute atomic E-state index is 13.4. The van der Waals surface area contributed by atoms with Crippen LogP contribution in [0.2, 0.25) is 0 Å². The van der Waals surface area contributed by atoms with Crippen molar-refractivity contribution in [2.24, 2.45) is 11.8 Å². The standard InChI is InChI=1S/C14H18FNO4/c1-8(2)10(14(19)20)4-6-13(18)16-12-7-9(17)3-5-11(12)15/h3,5,7-8,10,17H,4,6H2,1-2H3,(H,16,18)(H,19,20). The molecule has 110 valence electrons. The minimum absolute atomic E-state index is 0.0236. The number of hydrogen-bond acceptors (Lipinski definition) is 3. The van der Waals surface area contributed by atoms with Gasteiger partial charge in [0, 0.05) is 12.5 Å². The molecule has 5 nitrogen and oxygen atoms in total. The van der Waals surface area contributed by atoms with Gasteiger partial charge in [-0.3, -0.25) is 9.59 Å². The number of amides is 1. The number of phenolic OH excluding ortho intramolecular Hbond substituents is 1. The minimum Gasteiger partial charge on any atom is -0.508 e. The summed E-state index contributed by atoms with van der Waals surface area (Å²) in [7, 11) is 0. The van der Waals surface area contributed by atoms with Crippen LogP contribution in [0.15, 0.2) is 18.2 Å². The van der Waals surface area contributed by atoms with Crippen LogP contribution in [0, 0.1) is 17.7 Å². The zero-order chi connectivity index (χ0) is 15.3. The lowest BCUT2D eigenvalue weighted by atomic mass is 9.91. The average Bonchev–Trinajstić information content (AvgIpc) is 2.33. The predicted molar refractivity (Wildman–Crippen MR) is 71.9 cm³/mol. The molecule has 0 radical (unpaired) electrons. The molecule has 20 heavy (non-hydrogen) atoms. The lowest BCUT2D eigenvalue weighted by Crippen LogP contribution is -2.22. The van der Waals surface area contributed by atoms with E-state index in [4.69, 9.17) is 5.11 Å². The topological polar surface area (TPSA) is 86.6 Å². The summed E-state index contributed by atoms with van der Waals surface area (Å²) in [6.45, 7) is 3.54. The fourth-order valence-corrected chi connectivity index (χ4v) is 1.85. The molecule has 1 aromatic carbocycles. The van der Waals surface area contributed by atoms with E-state index >= 15 is 0 Å². The van der Waals surface area contributed by atoms with Gasteiger partial charge in [-0.15, -0.1) is 0 Å². The number of carboxylic acid groups (broad SMARTS) is 1. The van der Waals surface area contributed by atoms with E-state index in [-0.39, 0.29) is 30.2 Å². The van der Waals surface area contributed by atoms with Crippen molar-refractivity contribution in [1.29, 1.82) is 0 Å². The van der Waals surface area contributed by atoms with Crippen LogP contribution in [0.3, 0.4) is 0 Å². The lowest BCUT2D eigenvalue weighted by molar-refractivity contribution is -0.143. The number of phenols is 1. The third-order valence-corrected chi connectivity index (χ3v) is 3.03. The number of aliphatic carboxylic acids is 1. The van der Waals surface area contributed by atoms with Gasteiger partial charge >= 0.3 is 5.97 Å². The van der Waals surface area contributed by atoms with Gasteiger partial charge in [0.05, 0.1) is 11.6 Å². The Balaban J connectivity index is 2.60. The van der Waals surface area contributed by atoms with Gasteiger partial charge in [0.1, 0.15) is 11.6 Å². The zero-order valence-electron chi connectivity index (χ0n) is 11.4. The van der Waals surface area contributed by atoms with Crippen molar-refractivity contribution in [2.75, 3.05) is 5.32 Å².